The van der Waals surface area contributed by atoms with Crippen molar-refractivity contribution in [1.82, 2.24) is 10.2 Å². The van der Waals surface area contributed by atoms with Crippen LogP contribution in [0.1, 0.15) is 6.92 Å². The molecule has 3 saturated heterocycles. The summed E-state index contributed by atoms with van der Waals surface area (Å²) in [4.78, 5) is 28.7. The molecule has 2 amide bonds. The van der Waals surface area contributed by atoms with Crippen molar-refractivity contribution in [2.24, 2.45) is 11.8 Å². The Morgan fingerprint density at radius 3 is 2.55 bits per heavy atom. The van der Waals surface area contributed by atoms with Gasteiger partial charge in [0, 0.05) is 39.6 Å². The number of nitrogens with one attached hydrogen (secondary N) is 1. The number of likely N-dealkylation sites (tertiary alicyclic amines) is 1. The Hall–Kier alpha value is -2.42. The number of benzene rings is 1. The molecule has 0 spiro atoms. The van der Waals surface area contributed by atoms with Gasteiger partial charge in [-0.1, -0.05) is 0 Å². The minimum atomic E-state index is -0.545. The number of amides is 2. The molecule has 29 heavy (non-hydrogen) atoms. The van der Waals surface area contributed by atoms with Crippen molar-refractivity contribution >= 4 is 23.4 Å². The molecular weight excluding hydrogens is 382 g/mol. The summed E-state index contributed by atoms with van der Waals surface area (Å²) < 4.78 is 32.7. The second kappa shape index (κ2) is 8.14. The molecule has 9 heteroatoms. The lowest BCUT2D eigenvalue weighted by Crippen LogP contribution is -2.33. The molecule has 7 nitrogen and oxygen atoms in total. The fourth-order valence-electron chi connectivity index (χ4n) is 4.61. The van der Waals surface area contributed by atoms with E-state index in [1.165, 1.54) is 17.9 Å². The first-order chi connectivity index (χ1) is 13.9. The Balaban J connectivity index is 1.39. The number of rotatable bonds is 6. The van der Waals surface area contributed by atoms with Crippen LogP contribution in [-0.2, 0) is 9.53 Å². The predicted molar refractivity (Wildman–Crippen MR) is 104 cm³/mol. The molecule has 0 unspecified atom stereocenters. The summed E-state index contributed by atoms with van der Waals surface area (Å²) in [6.07, 6.45) is -1.00. The van der Waals surface area contributed by atoms with Crippen molar-refractivity contribution in [3.05, 3.63) is 24.0 Å². The van der Waals surface area contributed by atoms with Crippen molar-refractivity contribution in [2.75, 3.05) is 62.3 Å². The summed E-state index contributed by atoms with van der Waals surface area (Å²) >= 11 is 0. The Kier molecular flexibility index (Phi) is 5.58. The first kappa shape index (κ1) is 19.9. The number of carbonyl (C=O) groups excluding carboxylic acids is 2. The van der Waals surface area contributed by atoms with Gasteiger partial charge in [0.1, 0.15) is 18.6 Å². The van der Waals surface area contributed by atoms with Gasteiger partial charge in [0.15, 0.2) is 0 Å². The lowest BCUT2D eigenvalue weighted by Gasteiger charge is -2.24. The summed E-state index contributed by atoms with van der Waals surface area (Å²) in [5.41, 5.74) is 0.970. The van der Waals surface area contributed by atoms with Crippen molar-refractivity contribution in [3.63, 3.8) is 0 Å². The number of anilines is 2. The Bertz CT molecular complexity index is 779. The molecule has 1 aromatic rings. The zero-order valence-electron chi connectivity index (χ0n) is 16.4. The standard InChI is InChI=1S/C20H26F2N4O3/c1-13(27)23-7-17-12-26(20(28)29-17)16-2-3-19(18(22)6-16)25-10-14-8-24(5-4-21)9-15(14)11-25/h2-3,6,14-15,17H,4-5,7-12H2,1H3,(H,23,27)/t14-,15+,17-/m0/s1. The van der Waals surface area contributed by atoms with E-state index in [4.69, 9.17) is 4.74 Å². The van der Waals surface area contributed by atoms with E-state index in [2.05, 4.69) is 10.2 Å². The first-order valence-electron chi connectivity index (χ1n) is 10.00. The van der Waals surface area contributed by atoms with Gasteiger partial charge in [-0.15, -0.1) is 0 Å². The van der Waals surface area contributed by atoms with Crippen molar-refractivity contribution in [1.29, 1.82) is 0 Å². The van der Waals surface area contributed by atoms with E-state index in [-0.39, 0.29) is 31.5 Å². The molecule has 3 atom stereocenters. The maximum Gasteiger partial charge on any atom is 0.414 e. The molecule has 0 aliphatic carbocycles. The third-order valence-electron chi connectivity index (χ3n) is 6.00. The maximum absolute atomic E-state index is 14.9. The summed E-state index contributed by atoms with van der Waals surface area (Å²) in [7, 11) is 0. The number of cyclic esters (lactones) is 1. The van der Waals surface area contributed by atoms with Crippen molar-refractivity contribution in [3.8, 4) is 0 Å². The maximum atomic E-state index is 14.9. The molecular formula is C20H26F2N4O3. The molecule has 0 radical (unpaired) electrons. The molecule has 0 aromatic heterocycles. The van der Waals surface area contributed by atoms with E-state index in [0.717, 1.165) is 26.2 Å². The van der Waals surface area contributed by atoms with Crippen LogP contribution in [0.25, 0.3) is 0 Å². The fraction of sp³-hybridized carbons (Fsp3) is 0.600. The zero-order valence-corrected chi connectivity index (χ0v) is 16.4. The van der Waals surface area contributed by atoms with E-state index in [9.17, 15) is 18.4 Å². The Labute approximate surface area is 168 Å². The smallest absolute Gasteiger partial charge is 0.414 e. The van der Waals surface area contributed by atoms with Crippen molar-refractivity contribution in [2.45, 2.75) is 13.0 Å². The predicted octanol–water partition coefficient (Wildman–Crippen LogP) is 1.62. The number of hydrogen-bond acceptors (Lipinski definition) is 5. The second-order valence-corrected chi connectivity index (χ2v) is 8.06. The van der Waals surface area contributed by atoms with E-state index in [0.29, 0.717) is 29.8 Å². The average Bonchev–Trinajstić information content (AvgIpc) is 3.33. The molecule has 0 saturated carbocycles. The fourth-order valence-corrected chi connectivity index (χ4v) is 4.61. The van der Waals surface area contributed by atoms with Crippen LogP contribution in [0.5, 0.6) is 0 Å². The number of alkyl halides is 1. The molecule has 4 rings (SSSR count). The summed E-state index contributed by atoms with van der Waals surface area (Å²) in [5, 5.41) is 2.62. The topological polar surface area (TPSA) is 65.1 Å². The Morgan fingerprint density at radius 1 is 1.21 bits per heavy atom. The monoisotopic (exact) mass is 408 g/mol. The third kappa shape index (κ3) is 4.14. The van der Waals surface area contributed by atoms with E-state index >= 15 is 0 Å². The lowest BCUT2D eigenvalue weighted by molar-refractivity contribution is -0.119. The molecule has 0 bridgehead atoms. The van der Waals surface area contributed by atoms with Gasteiger partial charge in [0.2, 0.25) is 5.91 Å². The minimum absolute atomic E-state index is 0.196. The van der Waals surface area contributed by atoms with Crippen LogP contribution in [0.2, 0.25) is 0 Å². The normalized spacial score (nSPS) is 26.7. The lowest BCUT2D eigenvalue weighted by atomic mass is 10.0. The minimum Gasteiger partial charge on any atom is -0.442 e. The highest BCUT2D eigenvalue weighted by Crippen LogP contribution is 2.36. The zero-order chi connectivity index (χ0) is 20.5. The molecule has 3 aliphatic heterocycles. The Morgan fingerprint density at radius 2 is 1.93 bits per heavy atom. The van der Waals surface area contributed by atoms with Crippen LogP contribution in [0.3, 0.4) is 0 Å². The van der Waals surface area contributed by atoms with Gasteiger partial charge in [0.05, 0.1) is 24.5 Å². The quantitative estimate of drug-likeness (QED) is 0.775. The van der Waals surface area contributed by atoms with Gasteiger partial charge in [-0.25, -0.2) is 13.6 Å². The van der Waals surface area contributed by atoms with Gasteiger partial charge >= 0.3 is 6.09 Å². The van der Waals surface area contributed by atoms with Crippen LogP contribution in [0, 0.1) is 17.7 Å². The molecule has 1 aromatic carbocycles. The SMILES string of the molecule is CC(=O)NC[C@H]1CN(c2ccc(N3C[C@H]4CN(CCF)C[C@H]4C3)c(F)c2)C(=O)O1. The second-order valence-electron chi connectivity index (χ2n) is 8.06. The van der Waals surface area contributed by atoms with Gasteiger partial charge in [-0.3, -0.25) is 9.69 Å². The number of halogens is 2. The largest absolute Gasteiger partial charge is 0.442 e. The first-order valence-corrected chi connectivity index (χ1v) is 10.00. The highest BCUT2D eigenvalue weighted by molar-refractivity contribution is 5.90. The van der Waals surface area contributed by atoms with E-state index < -0.39 is 12.2 Å². The number of carbonyl (C=O) groups is 2. The van der Waals surface area contributed by atoms with Crippen LogP contribution < -0.4 is 15.1 Å². The summed E-state index contributed by atoms with van der Waals surface area (Å²) in [6, 6.07) is 4.80. The number of hydrogen-bond donors (Lipinski definition) is 1. The number of nitrogens with zero attached hydrogens (tertiary/aromatic N) is 3. The van der Waals surface area contributed by atoms with Crippen LogP contribution in [-0.4, -0.2) is 75.5 Å². The van der Waals surface area contributed by atoms with Gasteiger partial charge < -0.3 is 19.9 Å². The van der Waals surface area contributed by atoms with Crippen LogP contribution in [0.15, 0.2) is 18.2 Å². The van der Waals surface area contributed by atoms with Gasteiger partial charge in [-0.2, -0.15) is 0 Å². The summed E-state index contributed by atoms with van der Waals surface area (Å²) in [5.74, 6) is 0.298. The van der Waals surface area contributed by atoms with Crippen molar-refractivity contribution < 1.29 is 23.1 Å². The molecule has 3 heterocycles. The highest BCUT2D eigenvalue weighted by Gasteiger charge is 2.40. The molecule has 158 valence electrons. The molecule has 3 fully saturated rings. The highest BCUT2D eigenvalue weighted by atomic mass is 19.1. The summed E-state index contributed by atoms with van der Waals surface area (Å²) in [6.45, 7) is 5.27. The number of fused-ring (bicyclic) bond motifs is 1. The molecule has 3 aliphatic rings. The average molecular weight is 408 g/mol. The van der Waals surface area contributed by atoms with Crippen LogP contribution >= 0.6 is 0 Å². The van der Waals surface area contributed by atoms with E-state index in [1.807, 2.05) is 4.90 Å². The van der Waals surface area contributed by atoms with Gasteiger partial charge in [-0.05, 0) is 30.0 Å². The van der Waals surface area contributed by atoms with E-state index in [1.54, 1.807) is 12.1 Å². The number of ether oxygens (including phenoxy) is 1. The van der Waals surface area contributed by atoms with Gasteiger partial charge in [0.25, 0.3) is 0 Å². The molecule has 1 N–H and O–H groups in total. The third-order valence-corrected chi connectivity index (χ3v) is 6.00. The van der Waals surface area contributed by atoms with Crippen LogP contribution in [0.4, 0.5) is 25.0 Å².